The number of nitrogens with one attached hydrogen (secondary N) is 1. The van der Waals surface area contributed by atoms with Crippen LogP contribution in [-0.2, 0) is 5.41 Å². The molecule has 1 N–H and O–H groups in total. The number of hydrogen-bond donors (Lipinski definition) is 1. The molecule has 0 heterocycles. The Kier molecular flexibility index (Phi) is 7.11. The van der Waals surface area contributed by atoms with E-state index in [1.807, 2.05) is 0 Å². The summed E-state index contributed by atoms with van der Waals surface area (Å²) in [5, 5.41) is 11.5. The molecule has 8 rings (SSSR count). The number of benzene rings is 8. The van der Waals surface area contributed by atoms with Gasteiger partial charge in [0, 0.05) is 16.9 Å². The second-order valence-corrected chi connectivity index (χ2v) is 13.5. The van der Waals surface area contributed by atoms with Crippen molar-refractivity contribution >= 4 is 43.7 Å². The van der Waals surface area contributed by atoms with Crippen molar-refractivity contribution in [2.75, 3.05) is 5.32 Å². The third-order valence-corrected chi connectivity index (χ3v) is 9.45. The summed E-state index contributed by atoms with van der Waals surface area (Å²) in [7, 11) is 0. The van der Waals surface area contributed by atoms with Crippen molar-refractivity contribution in [1.82, 2.24) is 0 Å². The van der Waals surface area contributed by atoms with E-state index in [-0.39, 0.29) is 5.41 Å². The van der Waals surface area contributed by atoms with Gasteiger partial charge in [-0.25, -0.2) is 0 Å². The fourth-order valence-corrected chi connectivity index (χ4v) is 6.84. The molecule has 0 unspecified atom stereocenters. The molecule has 0 aliphatic heterocycles. The third kappa shape index (κ3) is 5.45. The highest BCUT2D eigenvalue weighted by molar-refractivity contribution is 6.25. The summed E-state index contributed by atoms with van der Waals surface area (Å²) in [6, 6.07) is 59.6. The van der Waals surface area contributed by atoms with E-state index < -0.39 is 0 Å². The van der Waals surface area contributed by atoms with Crippen molar-refractivity contribution in [2.45, 2.75) is 26.2 Å². The summed E-state index contributed by atoms with van der Waals surface area (Å²) in [4.78, 5) is 0. The van der Waals surface area contributed by atoms with Crippen LogP contribution in [0, 0.1) is 0 Å². The van der Waals surface area contributed by atoms with Gasteiger partial charge < -0.3 is 5.32 Å². The zero-order valence-corrected chi connectivity index (χ0v) is 27.1. The van der Waals surface area contributed by atoms with Crippen molar-refractivity contribution in [3.05, 3.63) is 169 Å². The van der Waals surface area contributed by atoms with Gasteiger partial charge in [-0.2, -0.15) is 0 Å². The highest BCUT2D eigenvalue weighted by Gasteiger charge is 2.14. The molecular weight excluding hydrogens is 567 g/mol. The van der Waals surface area contributed by atoms with E-state index in [2.05, 4.69) is 190 Å². The van der Waals surface area contributed by atoms with Gasteiger partial charge in [0.25, 0.3) is 0 Å². The molecule has 0 saturated carbocycles. The quantitative estimate of drug-likeness (QED) is 0.193. The molecule has 0 amide bonds. The normalized spacial score (nSPS) is 11.7. The Labute approximate surface area is 277 Å². The zero-order chi connectivity index (χ0) is 32.0. The summed E-state index contributed by atoms with van der Waals surface area (Å²) in [5.74, 6) is 0. The van der Waals surface area contributed by atoms with Crippen LogP contribution < -0.4 is 5.32 Å². The van der Waals surface area contributed by atoms with Crippen LogP contribution in [0.3, 0.4) is 0 Å². The van der Waals surface area contributed by atoms with Crippen LogP contribution in [0.2, 0.25) is 0 Å². The van der Waals surface area contributed by atoms with Crippen LogP contribution in [0.25, 0.3) is 65.7 Å². The topological polar surface area (TPSA) is 12.0 Å². The van der Waals surface area contributed by atoms with Gasteiger partial charge in [-0.05, 0) is 95.4 Å². The highest BCUT2D eigenvalue weighted by atomic mass is 14.9. The van der Waals surface area contributed by atoms with E-state index in [0.29, 0.717) is 0 Å². The van der Waals surface area contributed by atoms with Crippen LogP contribution >= 0.6 is 0 Å². The molecule has 0 aromatic heterocycles. The fraction of sp³-hybridized carbons (Fsp3) is 0.0870. The lowest BCUT2D eigenvalue weighted by atomic mass is 9.86. The Morgan fingerprint density at radius 3 is 1.38 bits per heavy atom. The first-order chi connectivity index (χ1) is 22.9. The molecule has 0 aliphatic rings. The second kappa shape index (κ2) is 11.6. The minimum absolute atomic E-state index is 0.154. The van der Waals surface area contributed by atoms with Crippen LogP contribution in [0.5, 0.6) is 0 Å². The number of para-hydroxylation sites is 1. The van der Waals surface area contributed by atoms with Gasteiger partial charge in [0.15, 0.2) is 0 Å². The van der Waals surface area contributed by atoms with Gasteiger partial charge in [0.2, 0.25) is 0 Å². The number of hydrogen-bond acceptors (Lipinski definition) is 1. The molecule has 0 fully saturated rings. The molecule has 0 spiro atoms. The van der Waals surface area contributed by atoms with Gasteiger partial charge in [-0.1, -0.05) is 160 Å². The minimum Gasteiger partial charge on any atom is -0.355 e. The first kappa shape index (κ1) is 28.8. The summed E-state index contributed by atoms with van der Waals surface area (Å²) in [6.07, 6.45) is 0. The molecule has 8 aromatic rings. The maximum atomic E-state index is 3.69. The van der Waals surface area contributed by atoms with Gasteiger partial charge in [-0.3, -0.25) is 0 Å². The maximum absolute atomic E-state index is 3.69. The predicted octanol–water partition coefficient (Wildman–Crippen LogP) is 13.2. The number of rotatable bonds is 5. The second-order valence-electron chi connectivity index (χ2n) is 13.5. The Bertz CT molecular complexity index is 2340. The average Bonchev–Trinajstić information content (AvgIpc) is 3.12. The van der Waals surface area contributed by atoms with E-state index in [4.69, 9.17) is 0 Å². The Morgan fingerprint density at radius 2 is 0.787 bits per heavy atom. The Balaban J connectivity index is 1.06. The standard InChI is InChI=1S/C46H37N/c1-46(2,3)36-25-20-32(21-26-36)31-16-18-34(19-17-31)38-10-8-9-15-45(38)47-37-27-22-33(23-28-37)35-24-29-43-41-13-5-4-11-39(41)40-12-6-7-14-42(40)44(43)30-35/h4-30,47H,1-3H3. The fourth-order valence-electron chi connectivity index (χ4n) is 6.84. The van der Waals surface area contributed by atoms with Gasteiger partial charge in [-0.15, -0.1) is 0 Å². The number of anilines is 2. The smallest absolute Gasteiger partial charge is 0.0463 e. The Morgan fingerprint density at radius 1 is 0.362 bits per heavy atom. The average molecular weight is 604 g/mol. The van der Waals surface area contributed by atoms with E-state index in [1.165, 1.54) is 71.3 Å². The minimum atomic E-state index is 0.154. The lowest BCUT2D eigenvalue weighted by Gasteiger charge is -2.19. The molecule has 0 radical (unpaired) electrons. The third-order valence-electron chi connectivity index (χ3n) is 9.45. The van der Waals surface area contributed by atoms with Crippen molar-refractivity contribution in [3.63, 3.8) is 0 Å². The van der Waals surface area contributed by atoms with Crippen LogP contribution in [0.4, 0.5) is 11.4 Å². The summed E-state index contributed by atoms with van der Waals surface area (Å²) >= 11 is 0. The molecule has 0 saturated heterocycles. The monoisotopic (exact) mass is 603 g/mol. The van der Waals surface area contributed by atoms with Crippen LogP contribution in [0.15, 0.2) is 164 Å². The van der Waals surface area contributed by atoms with E-state index in [9.17, 15) is 0 Å². The lowest BCUT2D eigenvalue weighted by molar-refractivity contribution is 0.590. The first-order valence-electron chi connectivity index (χ1n) is 16.4. The molecular formula is C46H37N. The summed E-state index contributed by atoms with van der Waals surface area (Å²) < 4.78 is 0. The van der Waals surface area contributed by atoms with Gasteiger partial charge in [0.05, 0.1) is 0 Å². The molecule has 0 atom stereocenters. The molecule has 1 nitrogen and oxygen atoms in total. The maximum Gasteiger partial charge on any atom is 0.0463 e. The van der Waals surface area contributed by atoms with E-state index in [1.54, 1.807) is 0 Å². The van der Waals surface area contributed by atoms with Crippen molar-refractivity contribution in [3.8, 4) is 33.4 Å². The van der Waals surface area contributed by atoms with Crippen molar-refractivity contribution in [2.24, 2.45) is 0 Å². The van der Waals surface area contributed by atoms with Crippen LogP contribution in [0.1, 0.15) is 26.3 Å². The first-order valence-corrected chi connectivity index (χ1v) is 16.4. The van der Waals surface area contributed by atoms with Crippen molar-refractivity contribution in [1.29, 1.82) is 0 Å². The van der Waals surface area contributed by atoms with E-state index in [0.717, 1.165) is 11.4 Å². The lowest BCUT2D eigenvalue weighted by Crippen LogP contribution is -2.10. The SMILES string of the molecule is CC(C)(C)c1ccc(-c2ccc(-c3ccccc3Nc3ccc(-c4ccc5c6ccccc6c6ccccc6c5c4)cc3)cc2)cc1. The molecule has 47 heavy (non-hydrogen) atoms. The van der Waals surface area contributed by atoms with Crippen LogP contribution in [-0.4, -0.2) is 0 Å². The predicted molar refractivity (Wildman–Crippen MR) is 204 cm³/mol. The number of fused-ring (bicyclic) bond motifs is 6. The zero-order valence-electron chi connectivity index (χ0n) is 27.1. The van der Waals surface area contributed by atoms with Crippen molar-refractivity contribution < 1.29 is 0 Å². The summed E-state index contributed by atoms with van der Waals surface area (Å²) in [5.41, 5.74) is 10.9. The summed E-state index contributed by atoms with van der Waals surface area (Å²) in [6.45, 7) is 6.76. The van der Waals surface area contributed by atoms with Gasteiger partial charge >= 0.3 is 0 Å². The molecule has 0 bridgehead atoms. The molecule has 0 aliphatic carbocycles. The highest BCUT2D eigenvalue weighted by Crippen LogP contribution is 2.38. The molecule has 8 aromatic carbocycles. The molecule has 1 heteroatoms. The Hall–Kier alpha value is -5.66. The van der Waals surface area contributed by atoms with Gasteiger partial charge in [0.1, 0.15) is 0 Å². The van der Waals surface area contributed by atoms with E-state index >= 15 is 0 Å². The molecule has 226 valence electrons. The largest absolute Gasteiger partial charge is 0.355 e.